The second-order valence-corrected chi connectivity index (χ2v) is 5.76. The largest absolute Gasteiger partial charge is 0.377 e. The van der Waals surface area contributed by atoms with E-state index in [4.69, 9.17) is 4.74 Å². The second-order valence-electron chi connectivity index (χ2n) is 5.76. The Balaban J connectivity index is 1.95. The highest BCUT2D eigenvalue weighted by molar-refractivity contribution is 5.47. The lowest BCUT2D eigenvalue weighted by Crippen LogP contribution is -2.21. The fraction of sp³-hybridized carbons (Fsp3) is 0.733. The Kier molecular flexibility index (Phi) is 5.59. The molecule has 1 fully saturated rings. The summed E-state index contributed by atoms with van der Waals surface area (Å²) in [5, 5.41) is 6.53. The molecule has 1 saturated carbocycles. The molecule has 1 aromatic heterocycles. The van der Waals surface area contributed by atoms with Gasteiger partial charge in [0.05, 0.1) is 0 Å². The van der Waals surface area contributed by atoms with Gasteiger partial charge in [0.15, 0.2) is 5.82 Å². The fourth-order valence-electron chi connectivity index (χ4n) is 2.90. The van der Waals surface area contributed by atoms with Crippen LogP contribution in [0.5, 0.6) is 0 Å². The standard InChI is InChI=1S/C15H26N4O/c1-11-5-4-6-12(7-11)9-17-14-8-13(16-2)18-15(19-14)10-20-3/h8,11-12H,4-7,9-10H2,1-3H3,(H2,16,17,18,19). The van der Waals surface area contributed by atoms with Crippen molar-refractivity contribution < 1.29 is 4.74 Å². The maximum atomic E-state index is 5.11. The van der Waals surface area contributed by atoms with E-state index in [1.165, 1.54) is 25.7 Å². The number of rotatable bonds is 6. The average Bonchev–Trinajstić information content (AvgIpc) is 2.45. The monoisotopic (exact) mass is 278 g/mol. The van der Waals surface area contributed by atoms with E-state index in [-0.39, 0.29) is 0 Å². The van der Waals surface area contributed by atoms with Crippen LogP contribution in [0.3, 0.4) is 0 Å². The number of nitrogens with one attached hydrogen (secondary N) is 2. The zero-order chi connectivity index (χ0) is 14.4. The van der Waals surface area contributed by atoms with Gasteiger partial charge in [-0.15, -0.1) is 0 Å². The van der Waals surface area contributed by atoms with Gasteiger partial charge in [-0.2, -0.15) is 0 Å². The number of hydrogen-bond donors (Lipinski definition) is 2. The molecule has 2 rings (SSSR count). The molecule has 20 heavy (non-hydrogen) atoms. The van der Waals surface area contributed by atoms with Gasteiger partial charge in [0.2, 0.25) is 0 Å². The molecule has 1 heterocycles. The minimum absolute atomic E-state index is 0.435. The molecule has 0 amide bonds. The Morgan fingerprint density at radius 3 is 2.80 bits per heavy atom. The van der Waals surface area contributed by atoms with E-state index in [9.17, 15) is 0 Å². The van der Waals surface area contributed by atoms with Crippen molar-refractivity contribution in [3.63, 3.8) is 0 Å². The summed E-state index contributed by atoms with van der Waals surface area (Å²) in [5.41, 5.74) is 0. The molecule has 5 heteroatoms. The molecule has 0 aromatic carbocycles. The number of ether oxygens (including phenoxy) is 1. The Bertz CT molecular complexity index is 424. The van der Waals surface area contributed by atoms with E-state index < -0.39 is 0 Å². The molecule has 5 nitrogen and oxygen atoms in total. The first kappa shape index (κ1) is 15.0. The van der Waals surface area contributed by atoms with E-state index in [1.54, 1.807) is 7.11 Å². The van der Waals surface area contributed by atoms with Crippen molar-refractivity contribution >= 4 is 11.6 Å². The van der Waals surface area contributed by atoms with E-state index in [0.717, 1.165) is 30.0 Å². The summed E-state index contributed by atoms with van der Waals surface area (Å²) < 4.78 is 5.11. The fourth-order valence-corrected chi connectivity index (χ4v) is 2.90. The number of methoxy groups -OCH3 is 1. The van der Waals surface area contributed by atoms with Crippen LogP contribution in [-0.2, 0) is 11.3 Å². The van der Waals surface area contributed by atoms with Gasteiger partial charge in [-0.1, -0.05) is 19.8 Å². The lowest BCUT2D eigenvalue weighted by atomic mass is 9.82. The van der Waals surface area contributed by atoms with E-state index in [0.29, 0.717) is 12.4 Å². The molecular formula is C15H26N4O. The van der Waals surface area contributed by atoms with Crippen molar-refractivity contribution in [2.24, 2.45) is 11.8 Å². The van der Waals surface area contributed by atoms with Crippen LogP contribution in [0.25, 0.3) is 0 Å². The summed E-state index contributed by atoms with van der Waals surface area (Å²) in [6.07, 6.45) is 5.38. The SMILES string of the molecule is CNc1cc(NCC2CCCC(C)C2)nc(COC)n1. The Labute approximate surface area is 121 Å². The predicted molar refractivity (Wildman–Crippen MR) is 81.9 cm³/mol. The predicted octanol–water partition coefficient (Wildman–Crippen LogP) is 2.90. The van der Waals surface area contributed by atoms with Crippen LogP contribution in [0, 0.1) is 11.8 Å². The lowest BCUT2D eigenvalue weighted by molar-refractivity contribution is 0.178. The molecule has 0 saturated heterocycles. The molecule has 1 aromatic rings. The third-order valence-electron chi connectivity index (χ3n) is 3.92. The first-order chi connectivity index (χ1) is 9.71. The van der Waals surface area contributed by atoms with E-state index in [1.807, 2.05) is 13.1 Å². The Morgan fingerprint density at radius 2 is 2.10 bits per heavy atom. The van der Waals surface area contributed by atoms with Crippen molar-refractivity contribution in [3.8, 4) is 0 Å². The summed E-state index contributed by atoms with van der Waals surface area (Å²) in [6, 6.07) is 1.95. The van der Waals surface area contributed by atoms with Gasteiger partial charge in [0.25, 0.3) is 0 Å². The summed E-state index contributed by atoms with van der Waals surface area (Å²) in [6.45, 7) is 3.79. The van der Waals surface area contributed by atoms with Gasteiger partial charge in [-0.05, 0) is 24.7 Å². The van der Waals surface area contributed by atoms with Crippen LogP contribution in [0.1, 0.15) is 38.4 Å². The second kappa shape index (κ2) is 7.43. The smallest absolute Gasteiger partial charge is 0.158 e. The molecule has 0 spiro atoms. The average molecular weight is 278 g/mol. The molecule has 0 aliphatic heterocycles. The van der Waals surface area contributed by atoms with Gasteiger partial charge >= 0.3 is 0 Å². The molecule has 1 aliphatic carbocycles. The van der Waals surface area contributed by atoms with Crippen molar-refractivity contribution in [1.29, 1.82) is 0 Å². The quantitative estimate of drug-likeness (QED) is 0.838. The van der Waals surface area contributed by atoms with Crippen LogP contribution < -0.4 is 10.6 Å². The van der Waals surface area contributed by atoms with Crippen LogP contribution in [0.4, 0.5) is 11.6 Å². The first-order valence-corrected chi connectivity index (χ1v) is 7.49. The highest BCUT2D eigenvalue weighted by Crippen LogP contribution is 2.28. The topological polar surface area (TPSA) is 59.1 Å². The molecule has 2 N–H and O–H groups in total. The van der Waals surface area contributed by atoms with Gasteiger partial charge in [0, 0.05) is 26.8 Å². The number of anilines is 2. The Morgan fingerprint density at radius 1 is 1.30 bits per heavy atom. The molecule has 112 valence electrons. The third kappa shape index (κ3) is 4.34. The van der Waals surface area contributed by atoms with Gasteiger partial charge in [-0.25, -0.2) is 9.97 Å². The zero-order valence-electron chi connectivity index (χ0n) is 12.8. The maximum absolute atomic E-state index is 5.11. The van der Waals surface area contributed by atoms with E-state index in [2.05, 4.69) is 27.5 Å². The highest BCUT2D eigenvalue weighted by Gasteiger charge is 2.18. The molecule has 1 aliphatic rings. The van der Waals surface area contributed by atoms with E-state index >= 15 is 0 Å². The van der Waals surface area contributed by atoms with Crippen molar-refractivity contribution in [3.05, 3.63) is 11.9 Å². The molecule has 0 bridgehead atoms. The number of aromatic nitrogens is 2. The molecule has 2 atom stereocenters. The van der Waals surface area contributed by atoms with Crippen molar-refractivity contribution in [2.45, 2.75) is 39.2 Å². The van der Waals surface area contributed by atoms with Crippen LogP contribution in [0.15, 0.2) is 6.07 Å². The van der Waals surface area contributed by atoms with Crippen LogP contribution >= 0.6 is 0 Å². The minimum atomic E-state index is 0.435. The van der Waals surface area contributed by atoms with Crippen molar-refractivity contribution in [2.75, 3.05) is 31.3 Å². The van der Waals surface area contributed by atoms with Crippen molar-refractivity contribution in [1.82, 2.24) is 9.97 Å². The lowest BCUT2D eigenvalue weighted by Gasteiger charge is -2.27. The summed E-state index contributed by atoms with van der Waals surface area (Å²) in [7, 11) is 3.53. The number of nitrogens with zero attached hydrogens (tertiary/aromatic N) is 2. The molecule has 2 unspecified atom stereocenters. The maximum Gasteiger partial charge on any atom is 0.158 e. The highest BCUT2D eigenvalue weighted by atomic mass is 16.5. The van der Waals surface area contributed by atoms with Crippen LogP contribution in [0.2, 0.25) is 0 Å². The summed E-state index contributed by atoms with van der Waals surface area (Å²) >= 11 is 0. The molecule has 0 radical (unpaired) electrons. The normalized spacial score (nSPS) is 22.6. The van der Waals surface area contributed by atoms with Gasteiger partial charge in [0.1, 0.15) is 18.2 Å². The minimum Gasteiger partial charge on any atom is -0.377 e. The van der Waals surface area contributed by atoms with Gasteiger partial charge < -0.3 is 15.4 Å². The molecular weight excluding hydrogens is 252 g/mol. The van der Waals surface area contributed by atoms with Crippen LogP contribution in [-0.4, -0.2) is 30.7 Å². The number of hydrogen-bond acceptors (Lipinski definition) is 5. The first-order valence-electron chi connectivity index (χ1n) is 7.49. The Hall–Kier alpha value is -1.36. The summed E-state index contributed by atoms with van der Waals surface area (Å²) in [4.78, 5) is 8.85. The third-order valence-corrected chi connectivity index (χ3v) is 3.92. The van der Waals surface area contributed by atoms with Gasteiger partial charge in [-0.3, -0.25) is 0 Å². The zero-order valence-corrected chi connectivity index (χ0v) is 12.8. The summed E-state index contributed by atoms with van der Waals surface area (Å²) in [5.74, 6) is 4.04.